The van der Waals surface area contributed by atoms with Gasteiger partial charge >= 0.3 is 0 Å². The van der Waals surface area contributed by atoms with Crippen molar-refractivity contribution in [1.29, 1.82) is 5.26 Å². The van der Waals surface area contributed by atoms with Crippen molar-refractivity contribution in [2.75, 3.05) is 0 Å². The van der Waals surface area contributed by atoms with Crippen molar-refractivity contribution in [2.45, 2.75) is 25.9 Å². The average molecular weight is 164 g/mol. The van der Waals surface area contributed by atoms with Crippen molar-refractivity contribution < 1.29 is 0 Å². The van der Waals surface area contributed by atoms with Crippen LogP contribution in [0.5, 0.6) is 0 Å². The van der Waals surface area contributed by atoms with Crippen LogP contribution in [0.3, 0.4) is 0 Å². The summed E-state index contributed by atoms with van der Waals surface area (Å²) in [6.07, 6.45) is 3.32. The molecule has 1 aromatic heterocycles. The lowest BCUT2D eigenvalue weighted by atomic mass is 10.2. The van der Waals surface area contributed by atoms with Gasteiger partial charge in [0.15, 0.2) is 0 Å². The molecule has 0 amide bonds. The van der Waals surface area contributed by atoms with Crippen LogP contribution in [0.4, 0.5) is 0 Å². The van der Waals surface area contributed by atoms with E-state index in [1.54, 1.807) is 12.5 Å². The topological polar surface area (TPSA) is 67.6 Å². The van der Waals surface area contributed by atoms with Crippen molar-refractivity contribution in [3.8, 4) is 6.07 Å². The fourth-order valence-corrected chi connectivity index (χ4v) is 1.05. The van der Waals surface area contributed by atoms with Crippen molar-refractivity contribution in [2.24, 2.45) is 5.73 Å². The van der Waals surface area contributed by atoms with E-state index in [2.05, 4.69) is 4.98 Å². The first kappa shape index (κ1) is 8.75. The smallest absolute Gasteiger partial charge is 0.135 e. The minimum Gasteiger partial charge on any atom is -0.330 e. The van der Waals surface area contributed by atoms with Crippen molar-refractivity contribution in [3.63, 3.8) is 0 Å². The summed E-state index contributed by atoms with van der Waals surface area (Å²) < 4.78 is 1.90. The van der Waals surface area contributed by atoms with Crippen LogP contribution >= 0.6 is 0 Å². The normalized spacial score (nSPS) is 12.9. The van der Waals surface area contributed by atoms with E-state index in [1.165, 1.54) is 0 Å². The minimum atomic E-state index is -0.574. The maximum absolute atomic E-state index is 8.60. The van der Waals surface area contributed by atoms with Crippen LogP contribution in [0.15, 0.2) is 12.5 Å². The summed E-state index contributed by atoms with van der Waals surface area (Å²) in [5.74, 6) is 0. The number of imidazole rings is 1. The molecule has 0 aliphatic rings. The Morgan fingerprint density at radius 1 is 1.67 bits per heavy atom. The van der Waals surface area contributed by atoms with Gasteiger partial charge in [-0.05, 0) is 13.8 Å². The maximum Gasteiger partial charge on any atom is 0.135 e. The highest BCUT2D eigenvalue weighted by Gasteiger charge is 2.11. The van der Waals surface area contributed by atoms with Gasteiger partial charge in [-0.3, -0.25) is 0 Å². The highest BCUT2D eigenvalue weighted by atomic mass is 15.1. The first-order valence-electron chi connectivity index (χ1n) is 3.83. The number of nitrogens with two attached hydrogens (primary N) is 1. The zero-order chi connectivity index (χ0) is 9.14. The van der Waals surface area contributed by atoms with Gasteiger partial charge in [0.1, 0.15) is 6.04 Å². The monoisotopic (exact) mass is 164 g/mol. The molecule has 0 radical (unpaired) electrons. The highest BCUT2D eigenvalue weighted by molar-refractivity contribution is 5.13. The van der Waals surface area contributed by atoms with E-state index in [0.29, 0.717) is 6.04 Å². The predicted molar refractivity (Wildman–Crippen MR) is 45.2 cm³/mol. The third-order valence-corrected chi connectivity index (χ3v) is 1.71. The van der Waals surface area contributed by atoms with Crippen LogP contribution < -0.4 is 5.73 Å². The molecular weight excluding hydrogens is 152 g/mol. The van der Waals surface area contributed by atoms with Crippen molar-refractivity contribution in [3.05, 3.63) is 18.2 Å². The van der Waals surface area contributed by atoms with Crippen LogP contribution in [0.1, 0.15) is 31.6 Å². The van der Waals surface area contributed by atoms with Gasteiger partial charge in [-0.2, -0.15) is 5.26 Å². The lowest BCUT2D eigenvalue weighted by Gasteiger charge is -2.12. The third kappa shape index (κ3) is 1.46. The molecule has 0 spiro atoms. The molecule has 0 aliphatic heterocycles. The van der Waals surface area contributed by atoms with E-state index in [1.807, 2.05) is 24.5 Å². The van der Waals surface area contributed by atoms with Gasteiger partial charge in [-0.25, -0.2) is 4.98 Å². The van der Waals surface area contributed by atoms with Crippen molar-refractivity contribution in [1.82, 2.24) is 9.55 Å². The lowest BCUT2D eigenvalue weighted by molar-refractivity contribution is 0.565. The first-order chi connectivity index (χ1) is 5.66. The van der Waals surface area contributed by atoms with E-state index in [0.717, 1.165) is 5.69 Å². The summed E-state index contributed by atoms with van der Waals surface area (Å²) in [6.45, 7) is 4.05. The second kappa shape index (κ2) is 3.37. The van der Waals surface area contributed by atoms with Gasteiger partial charge in [0.05, 0.1) is 24.3 Å². The molecule has 12 heavy (non-hydrogen) atoms. The molecule has 4 heteroatoms. The fourth-order valence-electron chi connectivity index (χ4n) is 1.05. The molecule has 0 bridgehead atoms. The first-order valence-corrected chi connectivity index (χ1v) is 3.83. The molecule has 0 fully saturated rings. The Kier molecular flexibility index (Phi) is 2.46. The minimum absolute atomic E-state index is 0.293. The summed E-state index contributed by atoms with van der Waals surface area (Å²) in [4.78, 5) is 3.94. The summed E-state index contributed by atoms with van der Waals surface area (Å²) in [5.41, 5.74) is 6.33. The number of nitriles is 1. The van der Waals surface area contributed by atoms with E-state index in [9.17, 15) is 0 Å². The Morgan fingerprint density at radius 3 is 2.83 bits per heavy atom. The Hall–Kier alpha value is -1.34. The third-order valence-electron chi connectivity index (χ3n) is 1.71. The molecule has 2 N–H and O–H groups in total. The molecule has 64 valence electrons. The standard InChI is InChI=1S/C8H12N4/c1-6(2)12-5-11-4-8(12)7(10)3-9/h4-7H,10H2,1-2H3. The number of hydrogen-bond donors (Lipinski definition) is 1. The van der Waals surface area contributed by atoms with Crippen LogP contribution in [0, 0.1) is 11.3 Å². The summed E-state index contributed by atoms with van der Waals surface area (Å²) in [7, 11) is 0. The molecule has 1 aromatic rings. The predicted octanol–water partition coefficient (Wildman–Crippen LogP) is 0.987. The molecule has 1 heterocycles. The van der Waals surface area contributed by atoms with E-state index in [4.69, 9.17) is 11.0 Å². The van der Waals surface area contributed by atoms with Crippen LogP contribution in [-0.2, 0) is 0 Å². The van der Waals surface area contributed by atoms with E-state index < -0.39 is 6.04 Å². The number of hydrogen-bond acceptors (Lipinski definition) is 3. The Morgan fingerprint density at radius 2 is 2.33 bits per heavy atom. The molecule has 0 saturated heterocycles. The Balaban J connectivity index is 3.01. The number of rotatable bonds is 2. The van der Waals surface area contributed by atoms with Gasteiger partial charge in [0.25, 0.3) is 0 Å². The molecule has 1 rings (SSSR count). The van der Waals surface area contributed by atoms with E-state index in [-0.39, 0.29) is 0 Å². The van der Waals surface area contributed by atoms with Gasteiger partial charge in [-0.1, -0.05) is 0 Å². The largest absolute Gasteiger partial charge is 0.330 e. The fraction of sp³-hybridized carbons (Fsp3) is 0.500. The van der Waals surface area contributed by atoms with Gasteiger partial charge in [0.2, 0.25) is 0 Å². The molecule has 4 nitrogen and oxygen atoms in total. The zero-order valence-electron chi connectivity index (χ0n) is 7.23. The lowest BCUT2D eigenvalue weighted by Crippen LogP contribution is -2.14. The molecule has 0 aromatic carbocycles. The Bertz CT molecular complexity index is 294. The van der Waals surface area contributed by atoms with Gasteiger partial charge in [-0.15, -0.1) is 0 Å². The summed E-state index contributed by atoms with van der Waals surface area (Å²) in [5, 5.41) is 8.60. The van der Waals surface area contributed by atoms with Gasteiger partial charge < -0.3 is 10.3 Å². The van der Waals surface area contributed by atoms with Crippen LogP contribution in [0.25, 0.3) is 0 Å². The summed E-state index contributed by atoms with van der Waals surface area (Å²) >= 11 is 0. The summed E-state index contributed by atoms with van der Waals surface area (Å²) in [6, 6.07) is 1.70. The van der Waals surface area contributed by atoms with Gasteiger partial charge in [0, 0.05) is 6.04 Å². The highest BCUT2D eigenvalue weighted by Crippen LogP contribution is 2.13. The molecule has 1 unspecified atom stereocenters. The molecule has 1 atom stereocenters. The van der Waals surface area contributed by atoms with Crippen LogP contribution in [0.2, 0.25) is 0 Å². The number of nitrogens with zero attached hydrogens (tertiary/aromatic N) is 3. The average Bonchev–Trinajstić information content (AvgIpc) is 2.50. The molecular formula is C8H12N4. The Labute approximate surface area is 71.6 Å². The SMILES string of the molecule is CC(C)n1cncc1C(N)C#N. The van der Waals surface area contributed by atoms with Crippen molar-refractivity contribution >= 4 is 0 Å². The zero-order valence-corrected chi connectivity index (χ0v) is 7.23. The second-order valence-corrected chi connectivity index (χ2v) is 2.93. The van der Waals surface area contributed by atoms with E-state index >= 15 is 0 Å². The number of aromatic nitrogens is 2. The molecule has 0 saturated carbocycles. The molecule has 0 aliphatic carbocycles. The maximum atomic E-state index is 8.60. The quantitative estimate of drug-likeness (QED) is 0.708. The second-order valence-electron chi connectivity index (χ2n) is 2.93. The van der Waals surface area contributed by atoms with Crippen LogP contribution in [-0.4, -0.2) is 9.55 Å².